The fraction of sp³-hybridized carbons (Fsp3) is 0.667. The third-order valence-electron chi connectivity index (χ3n) is 3.06. The van der Waals surface area contributed by atoms with Crippen molar-refractivity contribution in [2.75, 3.05) is 30.0 Å². The molecule has 2 rings (SSSR count). The van der Waals surface area contributed by atoms with E-state index in [1.165, 1.54) is 24.2 Å². The minimum Gasteiger partial charge on any atom is -0.373 e. The van der Waals surface area contributed by atoms with Crippen LogP contribution in [0.4, 0.5) is 11.6 Å². The summed E-state index contributed by atoms with van der Waals surface area (Å²) >= 11 is 2.06. The molecule has 0 saturated carbocycles. The standard InChI is InChI=1S/C12H20N4S/c1-3-10-11(13-2)15-8-16-12(10)14-7-9-5-4-6-17-9/h8-9H,3-7H2,1-2H3,(H2,13,14,15,16). The maximum absolute atomic E-state index is 4.35. The smallest absolute Gasteiger partial charge is 0.134 e. The Bertz CT molecular complexity index is 364. The lowest BCUT2D eigenvalue weighted by atomic mass is 10.2. The molecule has 1 fully saturated rings. The first-order chi connectivity index (χ1) is 8.35. The van der Waals surface area contributed by atoms with E-state index in [0.717, 1.165) is 29.9 Å². The number of nitrogens with zero attached hydrogens (tertiary/aromatic N) is 2. The van der Waals surface area contributed by atoms with Gasteiger partial charge in [0.2, 0.25) is 0 Å². The topological polar surface area (TPSA) is 49.8 Å². The Balaban J connectivity index is 2.03. The van der Waals surface area contributed by atoms with Crippen molar-refractivity contribution in [1.29, 1.82) is 0 Å². The lowest BCUT2D eigenvalue weighted by Crippen LogP contribution is -2.16. The summed E-state index contributed by atoms with van der Waals surface area (Å²) in [5.41, 5.74) is 1.18. The molecule has 0 aromatic carbocycles. The molecule has 0 radical (unpaired) electrons. The fourth-order valence-electron chi connectivity index (χ4n) is 2.13. The van der Waals surface area contributed by atoms with Crippen LogP contribution < -0.4 is 10.6 Å². The van der Waals surface area contributed by atoms with Crippen LogP contribution in [-0.4, -0.2) is 34.6 Å². The molecule has 1 unspecified atom stereocenters. The van der Waals surface area contributed by atoms with Gasteiger partial charge in [-0.25, -0.2) is 9.97 Å². The van der Waals surface area contributed by atoms with Gasteiger partial charge in [0, 0.05) is 24.4 Å². The van der Waals surface area contributed by atoms with Crippen molar-refractivity contribution in [2.45, 2.75) is 31.4 Å². The summed E-state index contributed by atoms with van der Waals surface area (Å²) in [6.07, 6.45) is 5.23. The van der Waals surface area contributed by atoms with Crippen LogP contribution in [0.5, 0.6) is 0 Å². The van der Waals surface area contributed by atoms with Crippen molar-refractivity contribution in [1.82, 2.24) is 9.97 Å². The van der Waals surface area contributed by atoms with Crippen LogP contribution in [-0.2, 0) is 6.42 Å². The largest absolute Gasteiger partial charge is 0.373 e. The van der Waals surface area contributed by atoms with Crippen LogP contribution in [0, 0.1) is 0 Å². The molecule has 1 aliphatic heterocycles. The first-order valence-electron chi connectivity index (χ1n) is 6.22. The summed E-state index contributed by atoms with van der Waals surface area (Å²) in [4.78, 5) is 8.59. The van der Waals surface area contributed by atoms with Crippen molar-refractivity contribution in [3.8, 4) is 0 Å². The molecule has 0 spiro atoms. The number of thioether (sulfide) groups is 1. The number of aromatic nitrogens is 2. The summed E-state index contributed by atoms with van der Waals surface area (Å²) in [5.74, 6) is 3.22. The third-order valence-corrected chi connectivity index (χ3v) is 4.46. The van der Waals surface area contributed by atoms with E-state index < -0.39 is 0 Å². The zero-order valence-electron chi connectivity index (χ0n) is 10.5. The number of hydrogen-bond acceptors (Lipinski definition) is 5. The molecule has 4 nitrogen and oxygen atoms in total. The van der Waals surface area contributed by atoms with Crippen LogP contribution in [0.3, 0.4) is 0 Å². The molecular weight excluding hydrogens is 232 g/mol. The number of hydrogen-bond donors (Lipinski definition) is 2. The Morgan fingerprint density at radius 1 is 1.41 bits per heavy atom. The maximum atomic E-state index is 4.35. The van der Waals surface area contributed by atoms with Gasteiger partial charge >= 0.3 is 0 Å². The molecule has 0 aliphatic carbocycles. The molecule has 1 aromatic heterocycles. The highest BCUT2D eigenvalue weighted by Gasteiger charge is 2.16. The zero-order valence-corrected chi connectivity index (χ0v) is 11.3. The highest BCUT2D eigenvalue weighted by atomic mass is 32.2. The minimum absolute atomic E-state index is 0.743. The Kier molecular flexibility index (Phi) is 4.48. The quantitative estimate of drug-likeness (QED) is 0.842. The van der Waals surface area contributed by atoms with E-state index in [-0.39, 0.29) is 0 Å². The molecule has 2 N–H and O–H groups in total. The third kappa shape index (κ3) is 3.03. The Morgan fingerprint density at radius 2 is 2.24 bits per heavy atom. The van der Waals surface area contributed by atoms with Crippen LogP contribution in [0.15, 0.2) is 6.33 Å². The molecule has 1 aliphatic rings. The van der Waals surface area contributed by atoms with E-state index in [0.29, 0.717) is 0 Å². The van der Waals surface area contributed by atoms with Gasteiger partial charge in [0.05, 0.1) is 0 Å². The van der Waals surface area contributed by atoms with Crippen molar-refractivity contribution < 1.29 is 0 Å². The predicted octanol–water partition coefficient (Wildman–Crippen LogP) is 2.39. The summed E-state index contributed by atoms with van der Waals surface area (Å²) in [7, 11) is 1.90. The Morgan fingerprint density at radius 3 is 2.88 bits per heavy atom. The van der Waals surface area contributed by atoms with Gasteiger partial charge in [-0.05, 0) is 25.0 Å². The summed E-state index contributed by atoms with van der Waals surface area (Å²) < 4.78 is 0. The van der Waals surface area contributed by atoms with Gasteiger partial charge in [0.15, 0.2) is 0 Å². The zero-order chi connectivity index (χ0) is 12.1. The van der Waals surface area contributed by atoms with E-state index in [9.17, 15) is 0 Å². The van der Waals surface area contributed by atoms with E-state index in [2.05, 4.69) is 39.3 Å². The van der Waals surface area contributed by atoms with Crippen LogP contribution in [0.25, 0.3) is 0 Å². The summed E-state index contributed by atoms with van der Waals surface area (Å²) in [5, 5.41) is 7.33. The number of rotatable bonds is 5. The van der Waals surface area contributed by atoms with Crippen molar-refractivity contribution in [3.63, 3.8) is 0 Å². The van der Waals surface area contributed by atoms with Gasteiger partial charge in [-0.3, -0.25) is 0 Å². The average Bonchev–Trinajstić information content (AvgIpc) is 2.88. The lowest BCUT2D eigenvalue weighted by Gasteiger charge is -2.15. The monoisotopic (exact) mass is 252 g/mol. The SMILES string of the molecule is CCc1c(NC)ncnc1NCC1CCCS1. The molecule has 94 valence electrons. The lowest BCUT2D eigenvalue weighted by molar-refractivity contribution is 0.801. The van der Waals surface area contributed by atoms with Crippen LogP contribution in [0.2, 0.25) is 0 Å². The second-order valence-corrected chi connectivity index (χ2v) is 5.58. The van der Waals surface area contributed by atoms with Gasteiger partial charge in [0.25, 0.3) is 0 Å². The van der Waals surface area contributed by atoms with Gasteiger partial charge in [-0.1, -0.05) is 6.92 Å². The second-order valence-electron chi connectivity index (χ2n) is 4.17. The van der Waals surface area contributed by atoms with Gasteiger partial charge in [0.1, 0.15) is 18.0 Å². The first-order valence-corrected chi connectivity index (χ1v) is 7.27. The first kappa shape index (κ1) is 12.5. The van der Waals surface area contributed by atoms with Gasteiger partial charge < -0.3 is 10.6 Å². The molecule has 0 amide bonds. The van der Waals surface area contributed by atoms with E-state index in [1.54, 1.807) is 6.33 Å². The highest BCUT2D eigenvalue weighted by Crippen LogP contribution is 2.27. The van der Waals surface area contributed by atoms with Crippen LogP contribution >= 0.6 is 11.8 Å². The van der Waals surface area contributed by atoms with Crippen molar-refractivity contribution >= 4 is 23.4 Å². The molecule has 0 bridgehead atoms. The number of anilines is 2. The van der Waals surface area contributed by atoms with E-state index in [4.69, 9.17) is 0 Å². The molecular formula is C12H20N4S. The van der Waals surface area contributed by atoms with Crippen LogP contribution in [0.1, 0.15) is 25.3 Å². The molecule has 1 aromatic rings. The predicted molar refractivity (Wildman–Crippen MR) is 74.9 cm³/mol. The van der Waals surface area contributed by atoms with E-state index in [1.807, 2.05) is 7.05 Å². The molecule has 2 heterocycles. The van der Waals surface area contributed by atoms with Gasteiger partial charge in [-0.15, -0.1) is 0 Å². The normalized spacial score (nSPS) is 19.3. The Labute approximate surface area is 107 Å². The van der Waals surface area contributed by atoms with Crippen molar-refractivity contribution in [3.05, 3.63) is 11.9 Å². The molecule has 5 heteroatoms. The second kappa shape index (κ2) is 6.10. The number of nitrogens with one attached hydrogen (secondary N) is 2. The molecule has 1 saturated heterocycles. The Hall–Kier alpha value is -0.970. The van der Waals surface area contributed by atoms with Crippen molar-refractivity contribution in [2.24, 2.45) is 0 Å². The molecule has 1 atom stereocenters. The fourth-order valence-corrected chi connectivity index (χ4v) is 3.33. The van der Waals surface area contributed by atoms with Gasteiger partial charge in [-0.2, -0.15) is 11.8 Å². The maximum Gasteiger partial charge on any atom is 0.134 e. The average molecular weight is 252 g/mol. The van der Waals surface area contributed by atoms with E-state index >= 15 is 0 Å². The molecule has 17 heavy (non-hydrogen) atoms. The summed E-state index contributed by atoms with van der Waals surface area (Å²) in [6.45, 7) is 3.15. The minimum atomic E-state index is 0.743. The highest BCUT2D eigenvalue weighted by molar-refractivity contribution is 8.00. The summed E-state index contributed by atoms with van der Waals surface area (Å²) in [6, 6.07) is 0.